The van der Waals surface area contributed by atoms with Crippen LogP contribution in [0.25, 0.3) is 0 Å². The number of amides is 2. The lowest BCUT2D eigenvalue weighted by molar-refractivity contribution is 0.129. The van der Waals surface area contributed by atoms with Gasteiger partial charge in [0.2, 0.25) is 0 Å². The van der Waals surface area contributed by atoms with Gasteiger partial charge in [-0.05, 0) is 43.4 Å². The maximum Gasteiger partial charge on any atom is 0.317 e. The standard InChI is InChI=1S/C16H23FN2O3/c1-2-22-15-6-5-12(8-14(15)17)9-18-16(21)19-7-3-4-13(10-19)11-20/h5-6,8,13,20H,2-4,7,9-11H2,1H3,(H,18,21)/t13-/m0/s1. The van der Waals surface area contributed by atoms with Crippen LogP contribution in [0.1, 0.15) is 25.3 Å². The second-order valence-electron chi connectivity index (χ2n) is 5.49. The normalized spacial score (nSPS) is 18.1. The van der Waals surface area contributed by atoms with E-state index in [2.05, 4.69) is 5.32 Å². The molecule has 0 aromatic heterocycles. The fourth-order valence-corrected chi connectivity index (χ4v) is 2.61. The number of rotatable bonds is 5. The number of urea groups is 1. The van der Waals surface area contributed by atoms with Crippen molar-refractivity contribution in [2.24, 2.45) is 5.92 Å². The summed E-state index contributed by atoms with van der Waals surface area (Å²) in [6.07, 6.45) is 1.85. The molecule has 1 aromatic carbocycles. The number of piperidine rings is 1. The summed E-state index contributed by atoms with van der Waals surface area (Å²) in [6.45, 7) is 3.84. The predicted octanol–water partition coefficient (Wildman–Crippen LogP) is 2.14. The van der Waals surface area contributed by atoms with E-state index in [4.69, 9.17) is 4.74 Å². The summed E-state index contributed by atoms with van der Waals surface area (Å²) >= 11 is 0. The number of aliphatic hydroxyl groups excluding tert-OH is 1. The Hall–Kier alpha value is -1.82. The Kier molecular flexibility index (Phi) is 6.00. The number of carbonyl (C=O) groups is 1. The highest BCUT2D eigenvalue weighted by atomic mass is 19.1. The van der Waals surface area contributed by atoms with Gasteiger partial charge in [0.1, 0.15) is 0 Å². The van der Waals surface area contributed by atoms with Crippen LogP contribution in [0.2, 0.25) is 0 Å². The minimum absolute atomic E-state index is 0.105. The Labute approximate surface area is 130 Å². The van der Waals surface area contributed by atoms with E-state index in [0.717, 1.165) is 12.8 Å². The highest BCUT2D eigenvalue weighted by Crippen LogP contribution is 2.19. The second-order valence-corrected chi connectivity index (χ2v) is 5.49. The van der Waals surface area contributed by atoms with Crippen LogP contribution >= 0.6 is 0 Å². The van der Waals surface area contributed by atoms with Crippen LogP contribution in [-0.4, -0.2) is 42.3 Å². The third-order valence-electron chi connectivity index (χ3n) is 3.80. The highest BCUT2D eigenvalue weighted by Gasteiger charge is 2.22. The maximum atomic E-state index is 13.7. The third-order valence-corrected chi connectivity index (χ3v) is 3.80. The summed E-state index contributed by atoms with van der Waals surface area (Å²) in [5.74, 6) is -0.0475. The van der Waals surface area contributed by atoms with Gasteiger partial charge in [-0.3, -0.25) is 0 Å². The van der Waals surface area contributed by atoms with Crippen LogP contribution in [0, 0.1) is 11.7 Å². The molecule has 2 rings (SSSR count). The highest BCUT2D eigenvalue weighted by molar-refractivity contribution is 5.74. The Balaban J connectivity index is 1.87. The van der Waals surface area contributed by atoms with Crippen molar-refractivity contribution in [2.75, 3.05) is 26.3 Å². The topological polar surface area (TPSA) is 61.8 Å². The van der Waals surface area contributed by atoms with Gasteiger partial charge in [-0.15, -0.1) is 0 Å². The molecule has 0 spiro atoms. The number of carbonyl (C=O) groups excluding carboxylic acids is 1. The molecule has 1 saturated heterocycles. The van der Waals surface area contributed by atoms with Gasteiger partial charge in [-0.1, -0.05) is 6.07 Å². The van der Waals surface area contributed by atoms with Crippen molar-refractivity contribution in [3.05, 3.63) is 29.6 Å². The number of nitrogens with zero attached hydrogens (tertiary/aromatic N) is 1. The lowest BCUT2D eigenvalue weighted by Crippen LogP contribution is -2.45. The molecule has 0 saturated carbocycles. The van der Waals surface area contributed by atoms with E-state index in [-0.39, 0.29) is 30.9 Å². The zero-order valence-electron chi connectivity index (χ0n) is 12.8. The number of nitrogens with one attached hydrogen (secondary N) is 1. The minimum Gasteiger partial charge on any atom is -0.491 e. The maximum absolute atomic E-state index is 13.7. The summed E-state index contributed by atoms with van der Waals surface area (Å²) in [4.78, 5) is 13.8. The molecule has 1 fully saturated rings. The van der Waals surface area contributed by atoms with Crippen LogP contribution in [0.5, 0.6) is 5.75 Å². The molecule has 0 aliphatic carbocycles. The van der Waals surface area contributed by atoms with E-state index in [1.54, 1.807) is 24.0 Å². The summed E-state index contributed by atoms with van der Waals surface area (Å²) in [5, 5.41) is 12.0. The summed E-state index contributed by atoms with van der Waals surface area (Å²) in [7, 11) is 0. The van der Waals surface area contributed by atoms with E-state index in [1.165, 1.54) is 6.07 Å². The zero-order valence-corrected chi connectivity index (χ0v) is 12.8. The molecular weight excluding hydrogens is 287 g/mol. The van der Waals surface area contributed by atoms with E-state index in [9.17, 15) is 14.3 Å². The fourth-order valence-electron chi connectivity index (χ4n) is 2.61. The average molecular weight is 310 g/mol. The number of likely N-dealkylation sites (tertiary alicyclic amines) is 1. The summed E-state index contributed by atoms with van der Waals surface area (Å²) in [5.41, 5.74) is 0.685. The second kappa shape index (κ2) is 7.98. The lowest BCUT2D eigenvalue weighted by atomic mass is 9.99. The first-order valence-electron chi connectivity index (χ1n) is 7.69. The molecule has 5 nitrogen and oxygen atoms in total. The molecule has 1 heterocycles. The Morgan fingerprint density at radius 2 is 2.36 bits per heavy atom. The summed E-state index contributed by atoms with van der Waals surface area (Å²) < 4.78 is 18.9. The molecule has 1 atom stereocenters. The van der Waals surface area contributed by atoms with Crippen molar-refractivity contribution in [1.29, 1.82) is 0 Å². The lowest BCUT2D eigenvalue weighted by Gasteiger charge is -2.31. The van der Waals surface area contributed by atoms with E-state index in [1.807, 2.05) is 0 Å². The molecule has 2 amide bonds. The number of hydrogen-bond acceptors (Lipinski definition) is 3. The van der Waals surface area contributed by atoms with Gasteiger partial charge in [0.25, 0.3) is 0 Å². The Morgan fingerprint density at radius 1 is 1.55 bits per heavy atom. The van der Waals surface area contributed by atoms with Gasteiger partial charge in [0.05, 0.1) is 6.61 Å². The molecule has 1 aromatic rings. The number of hydrogen-bond donors (Lipinski definition) is 2. The molecule has 1 aliphatic heterocycles. The Morgan fingerprint density at radius 3 is 3.05 bits per heavy atom. The van der Waals surface area contributed by atoms with Crippen LogP contribution in [0.4, 0.5) is 9.18 Å². The van der Waals surface area contributed by atoms with Gasteiger partial charge in [-0.25, -0.2) is 9.18 Å². The molecule has 0 bridgehead atoms. The van der Waals surface area contributed by atoms with Crippen molar-refractivity contribution in [1.82, 2.24) is 10.2 Å². The van der Waals surface area contributed by atoms with Crippen molar-refractivity contribution >= 4 is 6.03 Å². The van der Waals surface area contributed by atoms with Crippen molar-refractivity contribution in [3.63, 3.8) is 0 Å². The van der Waals surface area contributed by atoms with Crippen molar-refractivity contribution in [3.8, 4) is 5.75 Å². The van der Waals surface area contributed by atoms with Crippen LogP contribution in [0.15, 0.2) is 18.2 Å². The van der Waals surface area contributed by atoms with Gasteiger partial charge < -0.3 is 20.1 Å². The first-order chi connectivity index (χ1) is 10.6. The summed E-state index contributed by atoms with van der Waals surface area (Å²) in [6, 6.07) is 4.51. The molecule has 2 N–H and O–H groups in total. The van der Waals surface area contributed by atoms with Crippen LogP contribution in [-0.2, 0) is 6.54 Å². The van der Waals surface area contributed by atoms with Crippen LogP contribution < -0.4 is 10.1 Å². The first kappa shape index (κ1) is 16.5. The molecule has 22 heavy (non-hydrogen) atoms. The molecule has 1 aliphatic rings. The molecule has 0 unspecified atom stereocenters. The van der Waals surface area contributed by atoms with Gasteiger partial charge in [-0.2, -0.15) is 0 Å². The van der Waals surface area contributed by atoms with Gasteiger partial charge in [0.15, 0.2) is 11.6 Å². The SMILES string of the molecule is CCOc1ccc(CNC(=O)N2CCC[C@H](CO)C2)cc1F. The number of halogens is 1. The van der Waals surface area contributed by atoms with E-state index < -0.39 is 5.82 Å². The zero-order chi connectivity index (χ0) is 15.9. The molecule has 0 radical (unpaired) electrons. The quantitative estimate of drug-likeness (QED) is 0.876. The smallest absolute Gasteiger partial charge is 0.317 e. The monoisotopic (exact) mass is 310 g/mol. The number of aliphatic hydroxyl groups is 1. The number of ether oxygens (including phenoxy) is 1. The average Bonchev–Trinajstić information content (AvgIpc) is 2.55. The third kappa shape index (κ3) is 4.34. The first-order valence-corrected chi connectivity index (χ1v) is 7.69. The molecule has 6 heteroatoms. The van der Waals surface area contributed by atoms with Gasteiger partial charge >= 0.3 is 6.03 Å². The van der Waals surface area contributed by atoms with Gasteiger partial charge in [0, 0.05) is 26.2 Å². The van der Waals surface area contributed by atoms with Crippen molar-refractivity contribution < 1.29 is 19.0 Å². The fraction of sp³-hybridized carbons (Fsp3) is 0.562. The molecule has 122 valence electrons. The largest absolute Gasteiger partial charge is 0.491 e. The number of benzene rings is 1. The molecular formula is C16H23FN2O3. The predicted molar refractivity (Wildman–Crippen MR) is 81.2 cm³/mol. The van der Waals surface area contributed by atoms with Crippen LogP contribution in [0.3, 0.4) is 0 Å². The van der Waals surface area contributed by atoms with Crippen molar-refractivity contribution in [2.45, 2.75) is 26.3 Å². The Bertz CT molecular complexity index is 510. The van der Waals surface area contributed by atoms with E-state index >= 15 is 0 Å². The van der Waals surface area contributed by atoms with E-state index in [0.29, 0.717) is 25.3 Å². The minimum atomic E-state index is -0.424.